The zero-order chi connectivity index (χ0) is 23.6. The molecule has 0 bridgehead atoms. The van der Waals surface area contributed by atoms with Gasteiger partial charge in [0.25, 0.3) is 0 Å². The van der Waals surface area contributed by atoms with Gasteiger partial charge in [0, 0.05) is 24.3 Å². The van der Waals surface area contributed by atoms with Crippen molar-refractivity contribution in [3.63, 3.8) is 0 Å². The van der Waals surface area contributed by atoms with Crippen molar-refractivity contribution < 1.29 is 14.4 Å². The molecule has 0 rings (SSSR count). The summed E-state index contributed by atoms with van der Waals surface area (Å²) in [5.74, 6) is 0.517. The number of hydrogen-bond acceptors (Lipinski definition) is 6. The maximum Gasteiger partial charge on any atom is 0.221 e. The van der Waals surface area contributed by atoms with Crippen LogP contribution in [0.1, 0.15) is 66.2 Å². The van der Waals surface area contributed by atoms with Gasteiger partial charge in [-0.15, -0.1) is 0 Å². The van der Waals surface area contributed by atoms with Gasteiger partial charge in [-0.3, -0.25) is 14.4 Å². The van der Waals surface area contributed by atoms with Gasteiger partial charge in [-0.1, -0.05) is 34.9 Å². The highest BCUT2D eigenvalue weighted by Gasteiger charge is 2.19. The predicted molar refractivity (Wildman–Crippen MR) is 132 cm³/mol. The number of hydrogen-bond donors (Lipinski definition) is 3. The molecule has 0 aliphatic rings. The van der Waals surface area contributed by atoms with E-state index in [1.807, 2.05) is 0 Å². The van der Waals surface area contributed by atoms with Crippen LogP contribution in [0.3, 0.4) is 0 Å². The molecule has 0 aliphatic carbocycles. The number of nitrogens with one attached hydrogen (secondary N) is 1. The Kier molecular flexibility index (Phi) is 16.9. The summed E-state index contributed by atoms with van der Waals surface area (Å²) in [4.78, 5) is 35.2. The smallest absolute Gasteiger partial charge is 0.221 e. The van der Waals surface area contributed by atoms with Crippen molar-refractivity contribution in [1.29, 1.82) is 0 Å². The fraction of sp³-hybridized carbons (Fsp3) is 0.625. The summed E-state index contributed by atoms with van der Waals surface area (Å²) < 4.78 is 0. The van der Waals surface area contributed by atoms with Gasteiger partial charge in [0.1, 0.15) is 5.78 Å². The summed E-state index contributed by atoms with van der Waals surface area (Å²) >= 11 is 1.58. The van der Waals surface area contributed by atoms with E-state index in [9.17, 15) is 14.4 Å². The Balaban J connectivity index is 4.34. The number of rotatable bonds is 17. The van der Waals surface area contributed by atoms with Crippen LogP contribution in [-0.4, -0.2) is 48.1 Å². The lowest BCUT2D eigenvalue weighted by molar-refractivity contribution is -0.128. The van der Waals surface area contributed by atoms with Gasteiger partial charge in [-0.05, 0) is 53.4 Å². The van der Waals surface area contributed by atoms with Crippen LogP contribution >= 0.6 is 11.8 Å². The van der Waals surface area contributed by atoms with E-state index in [0.29, 0.717) is 5.75 Å². The van der Waals surface area contributed by atoms with Gasteiger partial charge in [0.15, 0.2) is 5.78 Å². The number of amides is 1. The Morgan fingerprint density at radius 2 is 1.45 bits per heavy atom. The number of allylic oxidation sites excluding steroid dienone is 5. The highest BCUT2D eigenvalue weighted by atomic mass is 32.2. The maximum atomic E-state index is 12.0. The minimum atomic E-state index is -0.629. The van der Waals surface area contributed by atoms with E-state index in [0.717, 1.165) is 31.4 Å². The second kappa shape index (κ2) is 17.9. The van der Waals surface area contributed by atoms with Crippen LogP contribution in [0.2, 0.25) is 0 Å². The second-order valence-electron chi connectivity index (χ2n) is 8.03. The van der Waals surface area contributed by atoms with Crippen molar-refractivity contribution in [3.8, 4) is 0 Å². The van der Waals surface area contributed by atoms with Gasteiger partial charge in [-0.25, -0.2) is 0 Å². The molecule has 176 valence electrons. The Bertz CT molecular complexity index is 665. The topological polar surface area (TPSA) is 115 Å². The lowest BCUT2D eigenvalue weighted by Crippen LogP contribution is -2.45. The molecule has 0 radical (unpaired) electrons. The van der Waals surface area contributed by atoms with E-state index >= 15 is 0 Å². The van der Waals surface area contributed by atoms with E-state index in [2.05, 4.69) is 51.2 Å². The number of carbonyl (C=O) groups is 3. The Labute approximate surface area is 192 Å². The molecule has 0 saturated heterocycles. The molecule has 0 saturated carbocycles. The molecule has 0 heterocycles. The summed E-state index contributed by atoms with van der Waals surface area (Å²) in [6.07, 6.45) is 11.1. The van der Waals surface area contributed by atoms with Crippen LogP contribution in [-0.2, 0) is 14.4 Å². The third-order valence-corrected chi connectivity index (χ3v) is 5.71. The number of nitrogens with two attached hydrogens (primary N) is 2. The van der Waals surface area contributed by atoms with Gasteiger partial charge < -0.3 is 16.8 Å². The second-order valence-corrected chi connectivity index (χ2v) is 9.11. The Hall–Kier alpha value is -1.70. The molecular weight excluding hydrogens is 410 g/mol. The zero-order valence-corrected chi connectivity index (χ0v) is 20.5. The van der Waals surface area contributed by atoms with Gasteiger partial charge in [0.05, 0.1) is 19.1 Å². The van der Waals surface area contributed by atoms with Crippen LogP contribution in [0.4, 0.5) is 0 Å². The van der Waals surface area contributed by atoms with Crippen molar-refractivity contribution in [2.75, 3.05) is 24.6 Å². The summed E-state index contributed by atoms with van der Waals surface area (Å²) in [7, 11) is 0. The van der Waals surface area contributed by atoms with Crippen molar-refractivity contribution in [1.82, 2.24) is 5.32 Å². The molecule has 7 heteroatoms. The quantitative estimate of drug-likeness (QED) is 0.230. The van der Waals surface area contributed by atoms with Crippen molar-refractivity contribution in [2.24, 2.45) is 11.5 Å². The predicted octanol–water partition coefficient (Wildman–Crippen LogP) is 3.46. The SMILES string of the molecule is CC(C)=CCC/C(C)=C/CC/C(C)=C/CSC[C@H](NC(=O)CCC(=O)CN)C(=O)CN. The van der Waals surface area contributed by atoms with Gasteiger partial charge in [-0.2, -0.15) is 11.8 Å². The largest absolute Gasteiger partial charge is 0.345 e. The van der Waals surface area contributed by atoms with Crippen molar-refractivity contribution in [2.45, 2.75) is 72.3 Å². The summed E-state index contributed by atoms with van der Waals surface area (Å²) in [5, 5.41) is 2.69. The molecule has 5 N–H and O–H groups in total. The average molecular weight is 452 g/mol. The first kappa shape index (κ1) is 29.3. The molecule has 0 unspecified atom stereocenters. The number of Topliss-reactive ketones (excluding diaryl/α,β-unsaturated/α-hetero) is 2. The molecule has 1 atom stereocenters. The van der Waals surface area contributed by atoms with Crippen LogP contribution in [0.5, 0.6) is 0 Å². The normalized spacial score (nSPS) is 13.0. The molecule has 31 heavy (non-hydrogen) atoms. The molecule has 0 fully saturated rings. The number of ketones is 2. The minimum Gasteiger partial charge on any atom is -0.345 e. The van der Waals surface area contributed by atoms with E-state index in [1.165, 1.54) is 16.7 Å². The molecule has 0 aliphatic heterocycles. The lowest BCUT2D eigenvalue weighted by atomic mass is 10.1. The first-order valence-electron chi connectivity index (χ1n) is 11.0. The number of carbonyl (C=O) groups excluding carboxylic acids is 3. The molecule has 0 spiro atoms. The summed E-state index contributed by atoms with van der Waals surface area (Å²) in [6, 6.07) is -0.629. The first-order valence-corrected chi connectivity index (χ1v) is 12.1. The summed E-state index contributed by atoms with van der Waals surface area (Å²) in [5.41, 5.74) is 14.8. The van der Waals surface area contributed by atoms with Gasteiger partial charge >= 0.3 is 0 Å². The number of thioether (sulfide) groups is 1. The first-order chi connectivity index (χ1) is 14.7. The Morgan fingerprint density at radius 1 is 0.839 bits per heavy atom. The van der Waals surface area contributed by atoms with Gasteiger partial charge in [0.2, 0.25) is 5.91 Å². The molecular formula is C24H41N3O3S. The standard InChI is InChI=1S/C24H41N3O3S/c1-18(2)7-5-8-19(3)9-6-10-20(4)13-14-31-17-22(23(29)16-26)27-24(30)12-11-21(28)15-25/h7,9,13,22H,5-6,8,10-12,14-17,25-26H2,1-4H3,(H,27,30)/b19-9+,20-13+/t22-/m0/s1. The minimum absolute atomic E-state index is 0.0370. The highest BCUT2D eigenvalue weighted by molar-refractivity contribution is 7.99. The highest BCUT2D eigenvalue weighted by Crippen LogP contribution is 2.13. The van der Waals surface area contributed by atoms with E-state index in [-0.39, 0.29) is 43.4 Å². The molecule has 0 aromatic carbocycles. The fourth-order valence-corrected chi connectivity index (χ4v) is 3.75. The van der Waals surface area contributed by atoms with Crippen LogP contribution in [0.15, 0.2) is 34.9 Å². The summed E-state index contributed by atoms with van der Waals surface area (Å²) in [6.45, 7) is 8.35. The van der Waals surface area contributed by atoms with Crippen molar-refractivity contribution >= 4 is 29.2 Å². The van der Waals surface area contributed by atoms with Crippen LogP contribution in [0.25, 0.3) is 0 Å². The lowest BCUT2D eigenvalue weighted by Gasteiger charge is -2.16. The molecule has 6 nitrogen and oxygen atoms in total. The average Bonchev–Trinajstić information content (AvgIpc) is 2.73. The van der Waals surface area contributed by atoms with Crippen molar-refractivity contribution in [3.05, 3.63) is 34.9 Å². The Morgan fingerprint density at radius 3 is 2.03 bits per heavy atom. The van der Waals surface area contributed by atoms with Crippen LogP contribution in [0, 0.1) is 0 Å². The zero-order valence-electron chi connectivity index (χ0n) is 19.7. The van der Waals surface area contributed by atoms with E-state index in [4.69, 9.17) is 11.5 Å². The fourth-order valence-electron chi connectivity index (χ4n) is 2.70. The third kappa shape index (κ3) is 16.6. The molecule has 0 aromatic heterocycles. The molecule has 0 aromatic rings. The molecule has 1 amide bonds. The van der Waals surface area contributed by atoms with Crippen LogP contribution < -0.4 is 16.8 Å². The maximum absolute atomic E-state index is 12.0. The third-order valence-electron chi connectivity index (χ3n) is 4.74. The monoisotopic (exact) mass is 451 g/mol. The van der Waals surface area contributed by atoms with E-state index in [1.54, 1.807) is 11.8 Å². The van der Waals surface area contributed by atoms with E-state index < -0.39 is 6.04 Å².